The second-order valence-electron chi connectivity index (χ2n) is 7.11. The lowest BCUT2D eigenvalue weighted by Gasteiger charge is -2.21. The molecule has 0 atom stereocenters. The average Bonchev–Trinajstić information content (AvgIpc) is 3.09. The van der Waals surface area contributed by atoms with Crippen molar-refractivity contribution < 1.29 is 17.2 Å². The van der Waals surface area contributed by atoms with Crippen molar-refractivity contribution in [3.05, 3.63) is 59.7 Å². The number of aryl methyl sites for hydroxylation is 2. The van der Waals surface area contributed by atoms with Crippen LogP contribution in [0.1, 0.15) is 24.0 Å². The number of hydrogen-bond acceptors (Lipinski definition) is 4. The molecule has 0 saturated carbocycles. The van der Waals surface area contributed by atoms with Gasteiger partial charge in [0.05, 0.1) is 10.2 Å². The molecule has 0 bridgehead atoms. The van der Waals surface area contributed by atoms with Gasteiger partial charge >= 0.3 is 0 Å². The van der Waals surface area contributed by atoms with E-state index in [0.29, 0.717) is 13.0 Å². The van der Waals surface area contributed by atoms with Gasteiger partial charge < -0.3 is 17.3 Å². The molecule has 1 amide bonds. The molecule has 1 heterocycles. The van der Waals surface area contributed by atoms with Gasteiger partial charge in [-0.25, -0.2) is 4.98 Å². The van der Waals surface area contributed by atoms with Crippen LogP contribution in [-0.2, 0) is 11.2 Å². The predicted molar refractivity (Wildman–Crippen MR) is 115 cm³/mol. The Balaban J connectivity index is 0.00000280. The number of carbonyl (C=O) groups is 1. The van der Waals surface area contributed by atoms with E-state index in [0.717, 1.165) is 40.3 Å². The van der Waals surface area contributed by atoms with Gasteiger partial charge in [0.1, 0.15) is 0 Å². The summed E-state index contributed by atoms with van der Waals surface area (Å²) in [4.78, 5) is 21.9. The van der Waals surface area contributed by atoms with Crippen molar-refractivity contribution in [2.75, 3.05) is 32.1 Å². The molecule has 150 valence electrons. The van der Waals surface area contributed by atoms with Gasteiger partial charge in [0, 0.05) is 13.0 Å². The van der Waals surface area contributed by atoms with Crippen LogP contribution in [0.5, 0.6) is 0 Å². The van der Waals surface area contributed by atoms with Gasteiger partial charge in [0.15, 0.2) is 5.13 Å². The first-order valence-electron chi connectivity index (χ1n) is 9.40. The van der Waals surface area contributed by atoms with E-state index < -0.39 is 0 Å². The fourth-order valence-electron chi connectivity index (χ4n) is 3.09. The van der Waals surface area contributed by atoms with E-state index >= 15 is 0 Å². The summed E-state index contributed by atoms with van der Waals surface area (Å²) >= 11 is 1.61. The van der Waals surface area contributed by atoms with Crippen LogP contribution in [0.25, 0.3) is 10.2 Å². The Morgan fingerprint density at radius 1 is 1.04 bits per heavy atom. The van der Waals surface area contributed by atoms with E-state index in [1.54, 1.807) is 11.3 Å². The molecule has 0 fully saturated rings. The summed E-state index contributed by atoms with van der Waals surface area (Å²) in [5, 5.41) is 0.816. The molecule has 0 unspecified atom stereocenters. The largest absolute Gasteiger partial charge is 1.00 e. The Labute approximate surface area is 177 Å². The molecule has 3 aromatic rings. The fraction of sp³-hybridized carbons (Fsp3) is 0.364. The van der Waals surface area contributed by atoms with Crippen LogP contribution in [0, 0.1) is 6.92 Å². The van der Waals surface area contributed by atoms with E-state index in [1.165, 1.54) is 5.56 Å². The maximum atomic E-state index is 13.0. The number of rotatable bonds is 8. The van der Waals surface area contributed by atoms with Crippen molar-refractivity contribution in [3.63, 3.8) is 0 Å². The zero-order valence-electron chi connectivity index (χ0n) is 16.7. The molecular formula is C22H27ClN3OS-. The second kappa shape index (κ2) is 10.6. The van der Waals surface area contributed by atoms with Crippen molar-refractivity contribution in [1.82, 2.24) is 9.88 Å². The molecule has 0 radical (unpaired) electrons. The number of aromatic nitrogens is 1. The molecule has 0 spiro atoms. The number of fused-ring (bicyclic) bond motifs is 1. The molecule has 0 saturated heterocycles. The third-order valence-electron chi connectivity index (χ3n) is 4.60. The second-order valence-corrected chi connectivity index (χ2v) is 8.11. The molecule has 1 aromatic heterocycles. The number of para-hydroxylation sites is 1. The van der Waals surface area contributed by atoms with Crippen molar-refractivity contribution in [2.45, 2.75) is 26.2 Å². The quantitative estimate of drug-likeness (QED) is 0.558. The molecular weight excluding hydrogens is 390 g/mol. The zero-order valence-corrected chi connectivity index (χ0v) is 18.3. The molecule has 0 aliphatic heterocycles. The Kier molecular flexibility index (Phi) is 8.42. The minimum atomic E-state index is 0. The molecule has 6 heteroatoms. The van der Waals surface area contributed by atoms with Gasteiger partial charge in [0.25, 0.3) is 0 Å². The van der Waals surface area contributed by atoms with Gasteiger partial charge in [-0.3, -0.25) is 9.69 Å². The number of anilines is 1. The minimum Gasteiger partial charge on any atom is -1.00 e. The molecule has 0 aliphatic carbocycles. The summed E-state index contributed by atoms with van der Waals surface area (Å²) in [6.45, 7) is 3.72. The molecule has 0 aliphatic rings. The number of halogens is 1. The van der Waals surface area contributed by atoms with Crippen molar-refractivity contribution in [3.8, 4) is 0 Å². The maximum Gasteiger partial charge on any atom is 0.229 e. The summed E-state index contributed by atoms with van der Waals surface area (Å²) in [7, 11) is 4.12. The third kappa shape index (κ3) is 5.77. The first-order valence-corrected chi connectivity index (χ1v) is 10.2. The van der Waals surface area contributed by atoms with Gasteiger partial charge in [-0.15, -0.1) is 0 Å². The number of thiazole rings is 1. The summed E-state index contributed by atoms with van der Waals surface area (Å²) in [6.07, 6.45) is 2.19. The highest BCUT2D eigenvalue weighted by molar-refractivity contribution is 7.22. The Morgan fingerprint density at radius 3 is 2.46 bits per heavy atom. The highest BCUT2D eigenvalue weighted by Gasteiger charge is 2.20. The summed E-state index contributed by atoms with van der Waals surface area (Å²) < 4.78 is 1.14. The van der Waals surface area contributed by atoms with Crippen LogP contribution >= 0.6 is 11.3 Å². The topological polar surface area (TPSA) is 36.4 Å². The number of nitrogens with zero attached hydrogens (tertiary/aromatic N) is 3. The predicted octanol–water partition coefficient (Wildman–Crippen LogP) is 1.53. The first kappa shape index (κ1) is 22.3. The van der Waals surface area contributed by atoms with Crippen LogP contribution in [0.15, 0.2) is 48.5 Å². The molecule has 3 rings (SSSR count). The Bertz CT molecular complexity index is 895. The lowest BCUT2D eigenvalue weighted by molar-refractivity contribution is -0.118. The highest BCUT2D eigenvalue weighted by Crippen LogP contribution is 2.31. The van der Waals surface area contributed by atoms with Crippen molar-refractivity contribution in [1.29, 1.82) is 0 Å². The Morgan fingerprint density at radius 2 is 1.79 bits per heavy atom. The first-order chi connectivity index (χ1) is 13.0. The highest BCUT2D eigenvalue weighted by atomic mass is 35.5. The van der Waals surface area contributed by atoms with E-state index in [1.807, 2.05) is 29.2 Å². The SMILES string of the molecule is Cc1cccc2sc(N(CCCN(C)C)C(=O)CCc3ccccc3)nc12.[Cl-]. The Hall–Kier alpha value is -1.95. The molecule has 0 N–H and O–H groups in total. The fourth-order valence-corrected chi connectivity index (χ4v) is 4.18. The van der Waals surface area contributed by atoms with Crippen LogP contribution in [0.2, 0.25) is 0 Å². The molecule has 2 aromatic carbocycles. The van der Waals surface area contributed by atoms with E-state index in [9.17, 15) is 4.79 Å². The number of amides is 1. The summed E-state index contributed by atoms with van der Waals surface area (Å²) in [5.41, 5.74) is 3.35. The maximum absolute atomic E-state index is 13.0. The number of carbonyl (C=O) groups excluding carboxylic acids is 1. The number of hydrogen-bond donors (Lipinski definition) is 0. The molecule has 4 nitrogen and oxygen atoms in total. The van der Waals surface area contributed by atoms with Gasteiger partial charge in [-0.1, -0.05) is 53.8 Å². The monoisotopic (exact) mass is 416 g/mol. The van der Waals surface area contributed by atoms with Gasteiger partial charge in [0.2, 0.25) is 5.91 Å². The molecule has 28 heavy (non-hydrogen) atoms. The van der Waals surface area contributed by atoms with E-state index in [2.05, 4.69) is 50.2 Å². The standard InChI is InChI=1S/C22H27N3OS.ClH/c1-17-9-7-12-19-21(17)23-22(27-19)25(16-8-15-24(2)3)20(26)14-13-18-10-5-4-6-11-18;/h4-7,9-12H,8,13-16H2,1-3H3;1H/p-1. The van der Waals surface area contributed by atoms with Crippen LogP contribution < -0.4 is 17.3 Å². The van der Waals surface area contributed by atoms with Crippen molar-refractivity contribution in [2.24, 2.45) is 0 Å². The van der Waals surface area contributed by atoms with E-state index in [-0.39, 0.29) is 18.3 Å². The van der Waals surface area contributed by atoms with Crippen LogP contribution in [-0.4, -0.2) is 43.0 Å². The zero-order chi connectivity index (χ0) is 19.2. The van der Waals surface area contributed by atoms with Crippen molar-refractivity contribution >= 4 is 32.6 Å². The average molecular weight is 417 g/mol. The van der Waals surface area contributed by atoms with Crippen LogP contribution in [0.4, 0.5) is 5.13 Å². The van der Waals surface area contributed by atoms with Gasteiger partial charge in [-0.05, 0) is 57.6 Å². The normalized spacial score (nSPS) is 10.9. The summed E-state index contributed by atoms with van der Waals surface area (Å²) in [5.74, 6) is 0.148. The third-order valence-corrected chi connectivity index (χ3v) is 5.64. The van der Waals surface area contributed by atoms with E-state index in [4.69, 9.17) is 4.98 Å². The lowest BCUT2D eigenvalue weighted by Crippen LogP contribution is -3.00. The lowest BCUT2D eigenvalue weighted by atomic mass is 10.1. The van der Waals surface area contributed by atoms with Crippen LogP contribution in [0.3, 0.4) is 0 Å². The number of benzene rings is 2. The van der Waals surface area contributed by atoms with Gasteiger partial charge in [-0.2, -0.15) is 0 Å². The smallest absolute Gasteiger partial charge is 0.229 e. The summed E-state index contributed by atoms with van der Waals surface area (Å²) in [6, 6.07) is 16.4. The minimum absolute atomic E-state index is 0.